The number of carbonyl (C=O) groups is 1. The Bertz CT molecular complexity index is 1010. The second-order valence-corrected chi connectivity index (χ2v) is 9.37. The fourth-order valence-corrected chi connectivity index (χ4v) is 4.62. The summed E-state index contributed by atoms with van der Waals surface area (Å²) in [7, 11) is 0. The minimum atomic E-state index is -0.505. The molecule has 2 aliphatic heterocycles. The van der Waals surface area contributed by atoms with Crippen molar-refractivity contribution in [3.8, 4) is 11.1 Å². The zero-order valence-electron chi connectivity index (χ0n) is 20.7. The molecule has 1 aromatic carbocycles. The number of likely N-dealkylation sites (tertiary alicyclic amines) is 1. The molecule has 9 nitrogen and oxygen atoms in total. The molecule has 0 saturated carbocycles. The first-order valence-corrected chi connectivity index (χ1v) is 12.5. The van der Waals surface area contributed by atoms with Gasteiger partial charge in [-0.05, 0) is 60.2 Å². The zero-order valence-corrected chi connectivity index (χ0v) is 20.7. The number of carbonyl (C=O) groups excluding carboxylic acids is 1. The van der Waals surface area contributed by atoms with Crippen molar-refractivity contribution in [1.29, 1.82) is 0 Å². The summed E-state index contributed by atoms with van der Waals surface area (Å²) in [5.74, 6) is 1.96. The summed E-state index contributed by atoms with van der Waals surface area (Å²) in [6, 6.07) is 9.34. The van der Waals surface area contributed by atoms with Gasteiger partial charge in [0, 0.05) is 31.9 Å². The normalized spacial score (nSPS) is 18.3. The number of pyridine rings is 1. The molecule has 4 N–H and O–H groups in total. The highest BCUT2D eigenvalue weighted by molar-refractivity contribution is 5.91. The van der Waals surface area contributed by atoms with Crippen LogP contribution in [-0.4, -0.2) is 84.8 Å². The van der Waals surface area contributed by atoms with E-state index in [0.29, 0.717) is 24.9 Å². The Morgan fingerprint density at radius 1 is 1.17 bits per heavy atom. The largest absolute Gasteiger partial charge is 0.394 e. The Morgan fingerprint density at radius 2 is 1.94 bits per heavy atom. The summed E-state index contributed by atoms with van der Waals surface area (Å²) in [5, 5.41) is 25.3. The quantitative estimate of drug-likeness (QED) is 0.457. The van der Waals surface area contributed by atoms with Gasteiger partial charge in [-0.2, -0.15) is 0 Å². The highest BCUT2D eigenvalue weighted by Gasteiger charge is 2.25. The van der Waals surface area contributed by atoms with Crippen molar-refractivity contribution in [3.05, 3.63) is 35.9 Å². The molecule has 2 amide bonds. The molecule has 0 bridgehead atoms. The molecule has 0 aliphatic carbocycles. The van der Waals surface area contributed by atoms with Gasteiger partial charge in [-0.25, -0.2) is 9.78 Å². The van der Waals surface area contributed by atoms with E-state index < -0.39 is 6.04 Å². The number of aromatic nitrogens is 1. The van der Waals surface area contributed by atoms with Crippen LogP contribution in [0.5, 0.6) is 0 Å². The van der Waals surface area contributed by atoms with Gasteiger partial charge in [0.15, 0.2) is 0 Å². The van der Waals surface area contributed by atoms with Crippen molar-refractivity contribution >= 4 is 23.4 Å². The van der Waals surface area contributed by atoms with Crippen LogP contribution in [-0.2, 0) is 4.74 Å². The Balaban J connectivity index is 1.62. The minimum Gasteiger partial charge on any atom is -0.394 e. The van der Waals surface area contributed by atoms with Gasteiger partial charge >= 0.3 is 6.03 Å². The van der Waals surface area contributed by atoms with Crippen molar-refractivity contribution in [3.63, 3.8) is 0 Å². The van der Waals surface area contributed by atoms with Crippen molar-refractivity contribution in [2.75, 3.05) is 68.1 Å². The third-order valence-electron chi connectivity index (χ3n) is 6.89. The standard InChI is InChI=1S/C26H37N5O4/c1-3-19-6-7-31(15-19)26(34)28-21-5-4-18(2)23(14-21)20-12-24(27-22(16-32)17-33)29-25(13-20)30-8-10-35-11-9-30/h4-5,12-14,19,22,32-33H,3,6-11,15-17H2,1-2H3,(H,27,29)(H,28,34)/t19-/m1/s1. The van der Waals surface area contributed by atoms with E-state index in [0.717, 1.165) is 67.2 Å². The lowest BCUT2D eigenvalue weighted by Crippen LogP contribution is -2.37. The first-order chi connectivity index (χ1) is 17.0. The Kier molecular flexibility index (Phi) is 8.43. The molecule has 1 aromatic heterocycles. The van der Waals surface area contributed by atoms with Gasteiger partial charge < -0.3 is 35.4 Å². The summed E-state index contributed by atoms with van der Waals surface area (Å²) in [6.07, 6.45) is 2.15. The summed E-state index contributed by atoms with van der Waals surface area (Å²) >= 11 is 0. The monoisotopic (exact) mass is 483 g/mol. The van der Waals surface area contributed by atoms with Crippen molar-refractivity contribution < 1.29 is 19.7 Å². The maximum atomic E-state index is 12.8. The second-order valence-electron chi connectivity index (χ2n) is 9.37. The summed E-state index contributed by atoms with van der Waals surface area (Å²) in [5.41, 5.74) is 3.75. The summed E-state index contributed by atoms with van der Waals surface area (Å²) < 4.78 is 5.50. The maximum Gasteiger partial charge on any atom is 0.321 e. The predicted octanol–water partition coefficient (Wildman–Crippen LogP) is 2.92. The van der Waals surface area contributed by atoms with Gasteiger partial charge in [-0.15, -0.1) is 0 Å². The van der Waals surface area contributed by atoms with Crippen LogP contribution in [0, 0.1) is 12.8 Å². The highest BCUT2D eigenvalue weighted by Crippen LogP contribution is 2.32. The van der Waals surface area contributed by atoms with E-state index in [9.17, 15) is 15.0 Å². The van der Waals surface area contributed by atoms with E-state index in [2.05, 4.69) is 22.5 Å². The lowest BCUT2D eigenvalue weighted by atomic mass is 10.00. The van der Waals surface area contributed by atoms with Gasteiger partial charge in [0.2, 0.25) is 0 Å². The molecule has 190 valence electrons. The molecule has 35 heavy (non-hydrogen) atoms. The van der Waals surface area contributed by atoms with Gasteiger partial charge in [0.05, 0.1) is 32.5 Å². The van der Waals surface area contributed by atoms with Gasteiger partial charge in [-0.1, -0.05) is 19.4 Å². The lowest BCUT2D eigenvalue weighted by Gasteiger charge is -2.29. The molecule has 2 aromatic rings. The highest BCUT2D eigenvalue weighted by atomic mass is 16.5. The third-order valence-corrected chi connectivity index (χ3v) is 6.89. The SMILES string of the molecule is CC[C@@H]1CCN(C(=O)Nc2ccc(C)c(-c3cc(NC(CO)CO)nc(N4CCOCC4)c3)c2)C1. The number of hydrogen-bond acceptors (Lipinski definition) is 7. The first-order valence-electron chi connectivity index (χ1n) is 12.5. The molecular weight excluding hydrogens is 446 g/mol. The van der Waals surface area contributed by atoms with E-state index in [1.165, 1.54) is 0 Å². The second kappa shape index (κ2) is 11.7. The van der Waals surface area contributed by atoms with E-state index in [1.54, 1.807) is 0 Å². The smallest absolute Gasteiger partial charge is 0.321 e. The average Bonchev–Trinajstić information content (AvgIpc) is 3.38. The number of morpholine rings is 1. The molecule has 3 heterocycles. The number of nitrogens with one attached hydrogen (secondary N) is 2. The van der Waals surface area contributed by atoms with Crippen LogP contribution in [0.3, 0.4) is 0 Å². The maximum absolute atomic E-state index is 12.8. The fraction of sp³-hybridized carbons (Fsp3) is 0.538. The third kappa shape index (κ3) is 6.22. The number of aryl methyl sites for hydroxylation is 1. The predicted molar refractivity (Wildman–Crippen MR) is 138 cm³/mol. The van der Waals surface area contributed by atoms with Crippen LogP contribution in [0.1, 0.15) is 25.3 Å². The van der Waals surface area contributed by atoms with Crippen molar-refractivity contribution in [2.24, 2.45) is 5.92 Å². The Labute approximate surface area is 207 Å². The number of rotatable bonds is 8. The van der Waals surface area contributed by atoms with E-state index in [-0.39, 0.29) is 19.2 Å². The topological polar surface area (TPSA) is 110 Å². The lowest BCUT2D eigenvalue weighted by molar-refractivity contribution is 0.122. The van der Waals surface area contributed by atoms with Crippen molar-refractivity contribution in [2.45, 2.75) is 32.7 Å². The van der Waals surface area contributed by atoms with Crippen molar-refractivity contribution in [1.82, 2.24) is 9.88 Å². The number of nitrogens with zero attached hydrogens (tertiary/aromatic N) is 3. The summed E-state index contributed by atoms with van der Waals surface area (Å²) in [6.45, 7) is 8.16. The number of benzene rings is 1. The molecule has 0 radical (unpaired) electrons. The molecule has 2 aliphatic rings. The molecule has 2 fully saturated rings. The number of urea groups is 1. The molecule has 9 heteroatoms. The van der Waals surface area contributed by atoms with Gasteiger partial charge in [0.25, 0.3) is 0 Å². The van der Waals surface area contributed by atoms with E-state index in [1.807, 2.05) is 42.2 Å². The number of hydrogen-bond donors (Lipinski definition) is 4. The number of aliphatic hydroxyl groups is 2. The first kappa shape index (κ1) is 25.2. The molecular formula is C26H37N5O4. The van der Waals surface area contributed by atoms with Crippen LogP contribution in [0.15, 0.2) is 30.3 Å². The molecule has 0 unspecified atom stereocenters. The van der Waals surface area contributed by atoms with E-state index >= 15 is 0 Å². The van der Waals surface area contributed by atoms with Crippen LogP contribution in [0.2, 0.25) is 0 Å². The molecule has 0 spiro atoms. The molecule has 4 rings (SSSR count). The minimum absolute atomic E-state index is 0.0597. The molecule has 1 atom stereocenters. The van der Waals surface area contributed by atoms with E-state index in [4.69, 9.17) is 9.72 Å². The number of anilines is 3. The molecule has 2 saturated heterocycles. The van der Waals surface area contributed by atoms with Crippen LogP contribution in [0.4, 0.5) is 22.1 Å². The Morgan fingerprint density at radius 3 is 2.63 bits per heavy atom. The van der Waals surface area contributed by atoms with Crippen LogP contribution in [0.25, 0.3) is 11.1 Å². The number of ether oxygens (including phenoxy) is 1. The zero-order chi connectivity index (χ0) is 24.8. The average molecular weight is 484 g/mol. The van der Waals surface area contributed by atoms with Gasteiger partial charge in [-0.3, -0.25) is 0 Å². The Hall–Kier alpha value is -2.88. The van der Waals surface area contributed by atoms with Crippen LogP contribution < -0.4 is 15.5 Å². The van der Waals surface area contributed by atoms with Crippen LogP contribution >= 0.6 is 0 Å². The summed E-state index contributed by atoms with van der Waals surface area (Å²) in [4.78, 5) is 21.6. The number of amides is 2. The fourth-order valence-electron chi connectivity index (χ4n) is 4.62. The number of aliphatic hydroxyl groups excluding tert-OH is 2. The van der Waals surface area contributed by atoms with Gasteiger partial charge in [0.1, 0.15) is 11.6 Å².